The summed E-state index contributed by atoms with van der Waals surface area (Å²) >= 11 is 3.17. The molecule has 0 bridgehead atoms. The molecule has 1 aromatic heterocycles. The molecule has 1 aromatic rings. The topological polar surface area (TPSA) is 38.1 Å². The SMILES string of the molecule is CC1(C)CSC(c2ncns2)=N1. The van der Waals surface area contributed by atoms with Crippen molar-refractivity contribution in [2.75, 3.05) is 5.75 Å². The van der Waals surface area contributed by atoms with Gasteiger partial charge in [0.15, 0.2) is 5.01 Å². The molecule has 5 heteroatoms. The molecule has 0 aromatic carbocycles. The lowest BCUT2D eigenvalue weighted by Crippen LogP contribution is -2.15. The van der Waals surface area contributed by atoms with E-state index in [2.05, 4.69) is 28.2 Å². The lowest BCUT2D eigenvalue weighted by atomic mass is 10.1. The molecule has 0 atom stereocenters. The van der Waals surface area contributed by atoms with Crippen LogP contribution in [0.1, 0.15) is 18.9 Å². The van der Waals surface area contributed by atoms with Gasteiger partial charge in [-0.1, -0.05) is 0 Å². The first-order chi connectivity index (χ1) is 5.67. The lowest BCUT2D eigenvalue weighted by Gasteiger charge is -2.09. The summed E-state index contributed by atoms with van der Waals surface area (Å²) < 4.78 is 3.95. The van der Waals surface area contributed by atoms with Gasteiger partial charge in [-0.2, -0.15) is 4.37 Å². The Morgan fingerprint density at radius 3 is 2.83 bits per heavy atom. The Labute approximate surface area is 79.5 Å². The van der Waals surface area contributed by atoms with Gasteiger partial charge in [0.05, 0.1) is 5.54 Å². The zero-order chi connectivity index (χ0) is 8.60. The van der Waals surface area contributed by atoms with Crippen LogP contribution in [0.3, 0.4) is 0 Å². The summed E-state index contributed by atoms with van der Waals surface area (Å²) in [6.45, 7) is 4.27. The second kappa shape index (κ2) is 2.81. The van der Waals surface area contributed by atoms with Gasteiger partial charge in [-0.3, -0.25) is 4.99 Å². The molecule has 0 spiro atoms. The molecule has 1 aliphatic rings. The van der Waals surface area contributed by atoms with Crippen LogP contribution in [0.2, 0.25) is 0 Å². The van der Waals surface area contributed by atoms with Crippen LogP contribution in [-0.2, 0) is 0 Å². The average molecular weight is 199 g/mol. The zero-order valence-electron chi connectivity index (χ0n) is 6.94. The van der Waals surface area contributed by atoms with Gasteiger partial charge in [0.1, 0.15) is 11.4 Å². The number of rotatable bonds is 1. The molecule has 0 amide bonds. The first-order valence-corrected chi connectivity index (χ1v) is 5.43. The van der Waals surface area contributed by atoms with E-state index in [1.165, 1.54) is 11.5 Å². The Bertz CT molecular complexity index is 302. The quantitative estimate of drug-likeness (QED) is 0.692. The summed E-state index contributed by atoms with van der Waals surface area (Å²) in [6, 6.07) is 0. The molecule has 64 valence electrons. The van der Waals surface area contributed by atoms with Crippen molar-refractivity contribution >= 4 is 28.3 Å². The maximum Gasteiger partial charge on any atom is 0.168 e. The van der Waals surface area contributed by atoms with E-state index >= 15 is 0 Å². The maximum absolute atomic E-state index is 4.55. The Morgan fingerprint density at radius 2 is 2.33 bits per heavy atom. The van der Waals surface area contributed by atoms with E-state index in [4.69, 9.17) is 0 Å². The fraction of sp³-hybridized carbons (Fsp3) is 0.571. The number of thioether (sulfide) groups is 1. The van der Waals surface area contributed by atoms with Crippen molar-refractivity contribution in [1.82, 2.24) is 9.36 Å². The summed E-state index contributed by atoms with van der Waals surface area (Å²) in [4.78, 5) is 8.67. The summed E-state index contributed by atoms with van der Waals surface area (Å²) in [5.74, 6) is 1.04. The normalized spacial score (nSPS) is 21.0. The van der Waals surface area contributed by atoms with Crippen LogP contribution in [0, 0.1) is 0 Å². The molecular formula is C7H9N3S2. The van der Waals surface area contributed by atoms with Gasteiger partial charge in [0.25, 0.3) is 0 Å². The molecule has 0 radical (unpaired) electrons. The second-order valence-corrected chi connectivity index (χ2v) is 5.01. The van der Waals surface area contributed by atoms with E-state index in [1.54, 1.807) is 18.1 Å². The van der Waals surface area contributed by atoms with Crippen molar-refractivity contribution in [1.29, 1.82) is 0 Å². The standard InChI is InChI=1S/C7H9N3S2/c1-7(2)3-11-6(10-7)5-8-4-9-12-5/h4H,3H2,1-2H3. The number of hydrogen-bond acceptors (Lipinski definition) is 5. The number of aromatic nitrogens is 2. The Kier molecular flexibility index (Phi) is 1.92. The van der Waals surface area contributed by atoms with Gasteiger partial charge in [-0.15, -0.1) is 11.8 Å². The Balaban J connectivity index is 2.28. The predicted octanol–water partition coefficient (Wildman–Crippen LogP) is 1.81. The molecule has 0 saturated carbocycles. The van der Waals surface area contributed by atoms with Crippen LogP contribution < -0.4 is 0 Å². The maximum atomic E-state index is 4.55. The van der Waals surface area contributed by atoms with Crippen molar-refractivity contribution in [2.24, 2.45) is 4.99 Å². The van der Waals surface area contributed by atoms with Gasteiger partial charge in [0, 0.05) is 5.75 Å². The predicted molar refractivity (Wildman–Crippen MR) is 53.0 cm³/mol. The van der Waals surface area contributed by atoms with E-state index in [0.717, 1.165) is 15.8 Å². The minimum atomic E-state index is 0.0751. The van der Waals surface area contributed by atoms with Crippen molar-refractivity contribution in [3.05, 3.63) is 11.3 Å². The highest BCUT2D eigenvalue weighted by Gasteiger charge is 2.27. The summed E-state index contributed by atoms with van der Waals surface area (Å²) in [5.41, 5.74) is 0.0751. The molecule has 0 N–H and O–H groups in total. The summed E-state index contributed by atoms with van der Waals surface area (Å²) in [7, 11) is 0. The number of nitrogens with zero attached hydrogens (tertiary/aromatic N) is 3. The molecule has 12 heavy (non-hydrogen) atoms. The first-order valence-electron chi connectivity index (χ1n) is 3.67. The lowest BCUT2D eigenvalue weighted by molar-refractivity contribution is 0.605. The first kappa shape index (κ1) is 8.19. The molecule has 3 nitrogen and oxygen atoms in total. The highest BCUT2D eigenvalue weighted by molar-refractivity contribution is 8.15. The van der Waals surface area contributed by atoms with Gasteiger partial charge in [0.2, 0.25) is 0 Å². The third-order valence-electron chi connectivity index (χ3n) is 1.51. The zero-order valence-corrected chi connectivity index (χ0v) is 8.58. The van der Waals surface area contributed by atoms with Crippen LogP contribution in [0.4, 0.5) is 0 Å². The monoisotopic (exact) mass is 199 g/mol. The fourth-order valence-electron chi connectivity index (χ4n) is 0.961. The van der Waals surface area contributed by atoms with Gasteiger partial charge < -0.3 is 0 Å². The number of hydrogen-bond donors (Lipinski definition) is 0. The van der Waals surface area contributed by atoms with Crippen LogP contribution in [0.25, 0.3) is 0 Å². The minimum absolute atomic E-state index is 0.0751. The fourth-order valence-corrected chi connectivity index (χ4v) is 2.70. The van der Waals surface area contributed by atoms with Crippen LogP contribution >= 0.6 is 23.3 Å². The van der Waals surface area contributed by atoms with Crippen LogP contribution in [0.15, 0.2) is 11.3 Å². The molecule has 1 aliphatic heterocycles. The van der Waals surface area contributed by atoms with E-state index in [9.17, 15) is 0 Å². The van der Waals surface area contributed by atoms with Gasteiger partial charge in [-0.05, 0) is 25.4 Å². The Morgan fingerprint density at radius 1 is 1.50 bits per heavy atom. The summed E-state index contributed by atoms with van der Waals surface area (Å²) in [5, 5.41) is 1.99. The molecular weight excluding hydrogens is 190 g/mol. The third kappa shape index (κ3) is 1.51. The molecule has 0 fully saturated rings. The molecule has 2 heterocycles. The van der Waals surface area contributed by atoms with Crippen molar-refractivity contribution in [3.63, 3.8) is 0 Å². The van der Waals surface area contributed by atoms with Gasteiger partial charge >= 0.3 is 0 Å². The van der Waals surface area contributed by atoms with Crippen LogP contribution in [-0.4, -0.2) is 25.7 Å². The third-order valence-corrected chi connectivity index (χ3v) is 3.72. The average Bonchev–Trinajstić information content (AvgIpc) is 2.55. The largest absolute Gasteiger partial charge is 0.268 e. The van der Waals surface area contributed by atoms with Crippen molar-refractivity contribution in [2.45, 2.75) is 19.4 Å². The minimum Gasteiger partial charge on any atom is -0.268 e. The molecule has 0 saturated heterocycles. The van der Waals surface area contributed by atoms with Crippen molar-refractivity contribution in [3.8, 4) is 0 Å². The van der Waals surface area contributed by atoms with E-state index in [-0.39, 0.29) is 5.54 Å². The second-order valence-electron chi connectivity index (χ2n) is 3.26. The molecule has 2 rings (SSSR count). The van der Waals surface area contributed by atoms with E-state index in [0.29, 0.717) is 0 Å². The van der Waals surface area contributed by atoms with E-state index in [1.807, 2.05) is 0 Å². The molecule has 0 unspecified atom stereocenters. The summed E-state index contributed by atoms with van der Waals surface area (Å²) in [6.07, 6.45) is 1.58. The van der Waals surface area contributed by atoms with Gasteiger partial charge in [-0.25, -0.2) is 4.98 Å². The van der Waals surface area contributed by atoms with E-state index < -0.39 is 0 Å². The highest BCUT2D eigenvalue weighted by atomic mass is 32.2. The Hall–Kier alpha value is -0.420. The van der Waals surface area contributed by atoms with Crippen LogP contribution in [0.5, 0.6) is 0 Å². The molecule has 0 aliphatic carbocycles. The number of aliphatic imine (C=N–C) groups is 1. The smallest absolute Gasteiger partial charge is 0.168 e. The van der Waals surface area contributed by atoms with Crippen molar-refractivity contribution < 1.29 is 0 Å². The highest BCUT2D eigenvalue weighted by Crippen LogP contribution is 2.30.